The summed E-state index contributed by atoms with van der Waals surface area (Å²) >= 11 is 6.06. The first-order chi connectivity index (χ1) is 9.99. The number of aryl methyl sites for hydroxylation is 1. The minimum absolute atomic E-state index is 0.0800. The summed E-state index contributed by atoms with van der Waals surface area (Å²) < 4.78 is 28.5. The second-order valence-corrected chi connectivity index (χ2v) is 5.14. The van der Waals surface area contributed by atoms with Crippen LogP contribution in [-0.4, -0.2) is 19.8 Å². The van der Waals surface area contributed by atoms with Crippen LogP contribution in [0.2, 0.25) is 5.15 Å². The normalized spacial score (nSPS) is 11.3. The molecule has 0 amide bonds. The summed E-state index contributed by atoms with van der Waals surface area (Å²) in [5.41, 5.74) is 2.43. The molecule has 0 aliphatic heterocycles. The van der Waals surface area contributed by atoms with Crippen molar-refractivity contribution >= 4 is 17.2 Å². The molecule has 21 heavy (non-hydrogen) atoms. The topological polar surface area (TPSA) is 43.1 Å². The van der Waals surface area contributed by atoms with Gasteiger partial charge in [-0.1, -0.05) is 23.7 Å². The molecule has 1 aromatic carbocycles. The number of hydrogen-bond acceptors (Lipinski definition) is 3. The highest BCUT2D eigenvalue weighted by atomic mass is 35.5. The van der Waals surface area contributed by atoms with Gasteiger partial charge in [-0.05, 0) is 31.0 Å². The average molecular weight is 309 g/mol. The highest BCUT2D eigenvalue weighted by Crippen LogP contribution is 2.21. The number of rotatable bonds is 2. The van der Waals surface area contributed by atoms with Crippen molar-refractivity contribution in [1.82, 2.24) is 19.8 Å². The molecule has 4 nitrogen and oxygen atoms in total. The van der Waals surface area contributed by atoms with Gasteiger partial charge in [0.1, 0.15) is 0 Å². The molecule has 7 heteroatoms. The molecule has 2 heterocycles. The van der Waals surface area contributed by atoms with Gasteiger partial charge >= 0.3 is 0 Å². The fourth-order valence-electron chi connectivity index (χ4n) is 2.10. The maximum atomic E-state index is 13.7. The first-order valence-electron chi connectivity index (χ1n) is 6.29. The van der Waals surface area contributed by atoms with Crippen molar-refractivity contribution in [3.63, 3.8) is 0 Å². The lowest BCUT2D eigenvalue weighted by molar-refractivity contribution is 0.499. The van der Waals surface area contributed by atoms with Gasteiger partial charge in [-0.2, -0.15) is 9.61 Å². The summed E-state index contributed by atoms with van der Waals surface area (Å²) in [5, 5.41) is 12.6. The van der Waals surface area contributed by atoms with Gasteiger partial charge < -0.3 is 0 Å². The van der Waals surface area contributed by atoms with E-state index in [0.717, 1.165) is 17.2 Å². The Morgan fingerprint density at radius 3 is 2.67 bits per heavy atom. The van der Waals surface area contributed by atoms with Gasteiger partial charge in [0.05, 0.1) is 0 Å². The minimum atomic E-state index is -0.890. The van der Waals surface area contributed by atoms with E-state index in [9.17, 15) is 8.78 Å². The maximum absolute atomic E-state index is 13.7. The second-order valence-electron chi connectivity index (χ2n) is 4.78. The van der Waals surface area contributed by atoms with E-state index in [0.29, 0.717) is 16.6 Å². The molecule has 3 rings (SSSR count). The van der Waals surface area contributed by atoms with Crippen LogP contribution in [0.15, 0.2) is 18.2 Å². The molecule has 0 bridgehead atoms. The molecule has 2 aromatic heterocycles. The Labute approximate surface area is 124 Å². The van der Waals surface area contributed by atoms with Crippen molar-refractivity contribution < 1.29 is 8.78 Å². The number of hydrogen-bond donors (Lipinski definition) is 0. The minimum Gasteiger partial charge on any atom is -0.204 e. The molecule has 0 aliphatic carbocycles. The van der Waals surface area contributed by atoms with Crippen LogP contribution in [0, 0.1) is 25.5 Å². The van der Waals surface area contributed by atoms with E-state index in [2.05, 4.69) is 15.3 Å². The van der Waals surface area contributed by atoms with Crippen LogP contribution in [-0.2, 0) is 6.42 Å². The molecule has 0 spiro atoms. The summed E-state index contributed by atoms with van der Waals surface area (Å²) in [7, 11) is 0. The summed E-state index contributed by atoms with van der Waals surface area (Å²) in [6, 6.07) is 4.03. The summed E-state index contributed by atoms with van der Waals surface area (Å²) in [5.74, 6) is -1.37. The Morgan fingerprint density at radius 1 is 1.14 bits per heavy atom. The summed E-state index contributed by atoms with van der Waals surface area (Å²) in [4.78, 5) is 0. The van der Waals surface area contributed by atoms with Crippen LogP contribution in [0.3, 0.4) is 0 Å². The summed E-state index contributed by atoms with van der Waals surface area (Å²) in [6.07, 6.45) is 0.0800. The molecule has 3 aromatic rings. The fourth-order valence-corrected chi connectivity index (χ4v) is 2.32. The number of fused-ring (bicyclic) bond motifs is 1. The molecule has 0 aliphatic rings. The Kier molecular flexibility index (Phi) is 3.33. The SMILES string of the molecule is Cc1c(Cl)nn2c(Cc3cccc(F)c3F)nnc2c1C. The standard InChI is InChI=1S/C14H11ClF2N4/c1-7-8(2)14-19-18-11(21(14)20-13(7)15)6-9-4-3-5-10(16)12(9)17/h3-5H,6H2,1-2H3. The zero-order chi connectivity index (χ0) is 15.1. The van der Waals surface area contributed by atoms with Crippen molar-refractivity contribution in [2.75, 3.05) is 0 Å². The summed E-state index contributed by atoms with van der Waals surface area (Å²) in [6.45, 7) is 3.70. The van der Waals surface area contributed by atoms with Crippen molar-refractivity contribution in [3.05, 3.63) is 57.5 Å². The average Bonchev–Trinajstić information content (AvgIpc) is 2.84. The van der Waals surface area contributed by atoms with Gasteiger partial charge in [0, 0.05) is 12.0 Å². The van der Waals surface area contributed by atoms with E-state index in [1.807, 2.05) is 13.8 Å². The van der Waals surface area contributed by atoms with Crippen LogP contribution < -0.4 is 0 Å². The molecule has 0 radical (unpaired) electrons. The predicted molar refractivity (Wildman–Crippen MR) is 74.4 cm³/mol. The van der Waals surface area contributed by atoms with E-state index in [4.69, 9.17) is 11.6 Å². The van der Waals surface area contributed by atoms with Crippen molar-refractivity contribution in [2.45, 2.75) is 20.3 Å². The highest BCUT2D eigenvalue weighted by molar-refractivity contribution is 6.30. The number of benzene rings is 1. The molecule has 0 saturated heterocycles. The molecule has 0 N–H and O–H groups in total. The smallest absolute Gasteiger partial charge is 0.181 e. The van der Waals surface area contributed by atoms with Crippen LogP contribution in [0.5, 0.6) is 0 Å². The fraction of sp³-hybridized carbons (Fsp3) is 0.214. The van der Waals surface area contributed by atoms with E-state index in [-0.39, 0.29) is 12.0 Å². The molecule has 0 fully saturated rings. The van der Waals surface area contributed by atoms with E-state index >= 15 is 0 Å². The Morgan fingerprint density at radius 2 is 1.90 bits per heavy atom. The van der Waals surface area contributed by atoms with Gasteiger partial charge in [0.2, 0.25) is 0 Å². The second kappa shape index (κ2) is 5.04. The molecular formula is C14H11ClF2N4. The molecular weight excluding hydrogens is 298 g/mol. The van der Waals surface area contributed by atoms with Crippen molar-refractivity contribution in [1.29, 1.82) is 0 Å². The van der Waals surface area contributed by atoms with Gasteiger partial charge in [-0.15, -0.1) is 10.2 Å². The molecule has 0 unspecified atom stereocenters. The number of aromatic nitrogens is 4. The number of halogens is 3. The maximum Gasteiger partial charge on any atom is 0.181 e. The van der Waals surface area contributed by atoms with Crippen LogP contribution in [0.1, 0.15) is 22.5 Å². The molecule has 108 valence electrons. The van der Waals surface area contributed by atoms with Gasteiger partial charge in [0.25, 0.3) is 0 Å². The van der Waals surface area contributed by atoms with Crippen molar-refractivity contribution in [3.8, 4) is 0 Å². The zero-order valence-corrected chi connectivity index (χ0v) is 12.1. The number of nitrogens with zero attached hydrogens (tertiary/aromatic N) is 4. The molecule has 0 saturated carbocycles. The van der Waals surface area contributed by atoms with Gasteiger partial charge in [-0.3, -0.25) is 0 Å². The Hall–Kier alpha value is -2.08. The molecule has 0 atom stereocenters. The van der Waals surface area contributed by atoms with Crippen LogP contribution >= 0.6 is 11.6 Å². The van der Waals surface area contributed by atoms with E-state index < -0.39 is 11.6 Å². The lowest BCUT2D eigenvalue weighted by Crippen LogP contribution is -2.05. The quantitative estimate of drug-likeness (QED) is 0.730. The Bertz CT molecular complexity index is 845. The third-order valence-electron chi connectivity index (χ3n) is 3.48. The largest absolute Gasteiger partial charge is 0.204 e. The van der Waals surface area contributed by atoms with Gasteiger partial charge in [0.15, 0.2) is 28.3 Å². The van der Waals surface area contributed by atoms with Crippen LogP contribution in [0.4, 0.5) is 8.78 Å². The first kappa shape index (κ1) is 13.9. The van der Waals surface area contributed by atoms with Gasteiger partial charge in [-0.25, -0.2) is 8.78 Å². The third-order valence-corrected chi connectivity index (χ3v) is 3.84. The third kappa shape index (κ3) is 2.25. The van der Waals surface area contributed by atoms with Crippen LogP contribution in [0.25, 0.3) is 5.65 Å². The monoisotopic (exact) mass is 308 g/mol. The Balaban J connectivity index is 2.12. The lowest BCUT2D eigenvalue weighted by atomic mass is 10.1. The van der Waals surface area contributed by atoms with E-state index in [1.165, 1.54) is 16.6 Å². The highest BCUT2D eigenvalue weighted by Gasteiger charge is 2.16. The first-order valence-corrected chi connectivity index (χ1v) is 6.66. The van der Waals surface area contributed by atoms with Crippen molar-refractivity contribution in [2.24, 2.45) is 0 Å². The predicted octanol–water partition coefficient (Wildman–Crippen LogP) is 3.26. The zero-order valence-electron chi connectivity index (χ0n) is 11.4. The lowest BCUT2D eigenvalue weighted by Gasteiger charge is -2.06. The van der Waals surface area contributed by atoms with E-state index in [1.54, 1.807) is 0 Å².